The quantitative estimate of drug-likeness (QED) is 0.617. The molecule has 1 aromatic heterocycles. The summed E-state index contributed by atoms with van der Waals surface area (Å²) < 4.78 is 12.3. The number of para-hydroxylation sites is 1. The van der Waals surface area contributed by atoms with Crippen molar-refractivity contribution in [1.29, 1.82) is 0 Å². The van der Waals surface area contributed by atoms with E-state index in [9.17, 15) is 9.59 Å². The summed E-state index contributed by atoms with van der Waals surface area (Å²) in [6.07, 6.45) is 1.37. The largest absolute Gasteiger partial charge is 0.448 e. The lowest BCUT2D eigenvalue weighted by Crippen LogP contribution is -2.47. The van der Waals surface area contributed by atoms with E-state index in [1.807, 2.05) is 36.4 Å². The molecule has 0 bridgehead atoms. The molecule has 5 rings (SSSR count). The molecule has 0 saturated carbocycles. The van der Waals surface area contributed by atoms with Crippen LogP contribution in [-0.4, -0.2) is 42.2 Å². The highest BCUT2D eigenvalue weighted by Gasteiger charge is 2.36. The molecule has 2 aliphatic heterocycles. The first-order chi connectivity index (χ1) is 14.2. The minimum Gasteiger partial charge on any atom is -0.448 e. The number of carbonyl (C=O) groups is 2. The highest BCUT2D eigenvalue weighted by molar-refractivity contribution is 7.22. The van der Waals surface area contributed by atoms with Crippen LogP contribution >= 0.6 is 11.3 Å². The van der Waals surface area contributed by atoms with E-state index in [1.54, 1.807) is 17.0 Å². The van der Waals surface area contributed by atoms with E-state index in [-0.39, 0.29) is 12.0 Å². The Labute approximate surface area is 172 Å². The molecule has 3 aromatic rings. The first-order valence-electron chi connectivity index (χ1n) is 9.76. The third-order valence-electron chi connectivity index (χ3n) is 5.36. The first kappa shape index (κ1) is 18.3. The number of hydrogen-bond donors (Lipinski definition) is 0. The molecule has 0 aliphatic carbocycles. The van der Waals surface area contributed by atoms with Gasteiger partial charge in [-0.3, -0.25) is 9.69 Å². The van der Waals surface area contributed by atoms with E-state index < -0.39 is 12.1 Å². The van der Waals surface area contributed by atoms with Crippen LogP contribution in [0, 0.1) is 0 Å². The number of amides is 1. The number of hydrogen-bond acceptors (Lipinski definition) is 6. The second-order valence-electron chi connectivity index (χ2n) is 7.30. The van der Waals surface area contributed by atoms with Crippen molar-refractivity contribution in [1.82, 2.24) is 4.98 Å². The zero-order chi connectivity index (χ0) is 19.8. The number of nitrogens with zero attached hydrogens (tertiary/aromatic N) is 2. The fraction of sp³-hybridized carbons (Fsp3) is 0.318. The van der Waals surface area contributed by atoms with E-state index in [0.717, 1.165) is 28.6 Å². The van der Waals surface area contributed by atoms with Crippen LogP contribution in [0.4, 0.5) is 5.13 Å². The number of cyclic esters (lactones) is 1. The van der Waals surface area contributed by atoms with Crippen molar-refractivity contribution in [2.45, 2.75) is 31.5 Å². The number of aromatic nitrogens is 1. The van der Waals surface area contributed by atoms with Gasteiger partial charge in [0.2, 0.25) is 0 Å². The SMILES string of the molecule is O=C1OC(C(=O)N(CC2CCCO2)c2nc3ccccc3s2)Cc2ccccc21. The van der Waals surface area contributed by atoms with E-state index in [2.05, 4.69) is 4.98 Å². The van der Waals surface area contributed by atoms with Crippen molar-refractivity contribution in [3.63, 3.8) is 0 Å². The summed E-state index contributed by atoms with van der Waals surface area (Å²) in [5, 5.41) is 0.613. The predicted octanol–water partition coefficient (Wildman–Crippen LogP) is 3.59. The molecule has 0 spiro atoms. The standard InChI is InChI=1S/C22H20N2O4S/c25-20(18-12-14-6-1-2-8-16(14)21(26)28-18)24(13-15-7-5-11-27-15)22-23-17-9-3-4-10-19(17)29-22/h1-4,6,8-10,15,18H,5,7,11-13H2. The lowest BCUT2D eigenvalue weighted by atomic mass is 9.98. The Bertz CT molecular complexity index is 1040. The van der Waals surface area contributed by atoms with Crippen LogP contribution in [0.1, 0.15) is 28.8 Å². The number of benzene rings is 2. The number of thiazole rings is 1. The molecule has 29 heavy (non-hydrogen) atoms. The fourth-order valence-corrected chi connectivity index (χ4v) is 4.85. The van der Waals surface area contributed by atoms with Crippen molar-refractivity contribution < 1.29 is 19.1 Å². The van der Waals surface area contributed by atoms with Gasteiger partial charge in [0.05, 0.1) is 28.4 Å². The third kappa shape index (κ3) is 3.52. The predicted molar refractivity (Wildman–Crippen MR) is 110 cm³/mol. The Kier molecular flexibility index (Phi) is 4.77. The van der Waals surface area contributed by atoms with E-state index >= 15 is 0 Å². The Morgan fingerprint density at radius 1 is 1.17 bits per heavy atom. The van der Waals surface area contributed by atoms with Crippen molar-refractivity contribution in [3.05, 3.63) is 59.7 Å². The number of rotatable bonds is 4. The number of ether oxygens (including phenoxy) is 2. The molecule has 0 radical (unpaired) electrons. The third-order valence-corrected chi connectivity index (χ3v) is 6.42. The van der Waals surface area contributed by atoms with Crippen LogP contribution < -0.4 is 4.90 Å². The zero-order valence-electron chi connectivity index (χ0n) is 15.7. The summed E-state index contributed by atoms with van der Waals surface area (Å²) in [5.74, 6) is -0.700. The molecule has 2 atom stereocenters. The second kappa shape index (κ2) is 7.57. The van der Waals surface area contributed by atoms with Crippen LogP contribution in [0.15, 0.2) is 48.5 Å². The van der Waals surface area contributed by atoms with Gasteiger partial charge >= 0.3 is 5.97 Å². The van der Waals surface area contributed by atoms with E-state index in [1.165, 1.54) is 11.3 Å². The molecule has 3 heterocycles. The minimum atomic E-state index is -0.856. The van der Waals surface area contributed by atoms with Crippen LogP contribution in [-0.2, 0) is 20.7 Å². The van der Waals surface area contributed by atoms with Crippen molar-refractivity contribution in [2.75, 3.05) is 18.1 Å². The molecule has 7 heteroatoms. The second-order valence-corrected chi connectivity index (χ2v) is 8.31. The van der Waals surface area contributed by atoms with Crippen molar-refractivity contribution in [3.8, 4) is 0 Å². The maximum Gasteiger partial charge on any atom is 0.339 e. The molecular formula is C22H20N2O4S. The smallest absolute Gasteiger partial charge is 0.339 e. The van der Waals surface area contributed by atoms with Crippen LogP contribution in [0.5, 0.6) is 0 Å². The number of fused-ring (bicyclic) bond motifs is 2. The summed E-state index contributed by atoms with van der Waals surface area (Å²) in [5.41, 5.74) is 2.22. The fourth-order valence-electron chi connectivity index (χ4n) is 3.87. The summed E-state index contributed by atoms with van der Waals surface area (Å²) in [6.45, 7) is 1.12. The van der Waals surface area contributed by atoms with Crippen LogP contribution in [0.3, 0.4) is 0 Å². The number of esters is 1. The van der Waals surface area contributed by atoms with E-state index in [0.29, 0.717) is 30.3 Å². The van der Waals surface area contributed by atoms with Gasteiger partial charge in [-0.2, -0.15) is 0 Å². The molecule has 1 amide bonds. The van der Waals surface area contributed by atoms with Crippen molar-refractivity contribution >= 4 is 38.6 Å². The van der Waals surface area contributed by atoms with Gasteiger partial charge in [-0.15, -0.1) is 0 Å². The number of anilines is 1. The van der Waals surface area contributed by atoms with Gasteiger partial charge < -0.3 is 9.47 Å². The molecule has 2 aromatic carbocycles. The Morgan fingerprint density at radius 3 is 2.83 bits per heavy atom. The topological polar surface area (TPSA) is 68.7 Å². The molecule has 1 fully saturated rings. The van der Waals surface area contributed by atoms with Gasteiger partial charge in [-0.1, -0.05) is 41.7 Å². The maximum atomic E-state index is 13.5. The molecule has 2 aliphatic rings. The molecule has 6 nitrogen and oxygen atoms in total. The lowest BCUT2D eigenvalue weighted by molar-refractivity contribution is -0.128. The first-order valence-corrected chi connectivity index (χ1v) is 10.6. The Balaban J connectivity index is 1.47. The Hall–Kier alpha value is -2.77. The number of carbonyl (C=O) groups excluding carboxylic acids is 2. The van der Waals surface area contributed by atoms with Gasteiger partial charge in [0.15, 0.2) is 11.2 Å². The van der Waals surface area contributed by atoms with Gasteiger partial charge in [0.25, 0.3) is 5.91 Å². The molecule has 0 N–H and O–H groups in total. The average molecular weight is 408 g/mol. The normalized spacial score (nSPS) is 21.0. The summed E-state index contributed by atoms with van der Waals surface area (Å²) in [7, 11) is 0. The molecule has 1 saturated heterocycles. The Morgan fingerprint density at radius 2 is 2.00 bits per heavy atom. The summed E-state index contributed by atoms with van der Waals surface area (Å²) in [6, 6.07) is 15.1. The van der Waals surface area contributed by atoms with Crippen molar-refractivity contribution in [2.24, 2.45) is 0 Å². The van der Waals surface area contributed by atoms with Gasteiger partial charge in [0.1, 0.15) is 0 Å². The van der Waals surface area contributed by atoms with E-state index in [4.69, 9.17) is 9.47 Å². The molecular weight excluding hydrogens is 388 g/mol. The minimum absolute atomic E-state index is 0.0301. The van der Waals surface area contributed by atoms with Crippen LogP contribution in [0.25, 0.3) is 10.2 Å². The average Bonchev–Trinajstić information content (AvgIpc) is 3.41. The molecule has 148 valence electrons. The van der Waals surface area contributed by atoms with Gasteiger partial charge in [-0.05, 0) is 36.6 Å². The monoisotopic (exact) mass is 408 g/mol. The highest BCUT2D eigenvalue weighted by Crippen LogP contribution is 2.31. The van der Waals surface area contributed by atoms with Gasteiger partial charge in [0, 0.05) is 13.0 Å². The summed E-state index contributed by atoms with van der Waals surface area (Å²) in [4.78, 5) is 32.2. The lowest BCUT2D eigenvalue weighted by Gasteiger charge is -2.29. The maximum absolute atomic E-state index is 13.5. The van der Waals surface area contributed by atoms with Crippen LogP contribution in [0.2, 0.25) is 0 Å². The molecule has 2 unspecified atom stereocenters. The summed E-state index contributed by atoms with van der Waals surface area (Å²) >= 11 is 1.47. The zero-order valence-corrected chi connectivity index (χ0v) is 16.6. The van der Waals surface area contributed by atoms with Gasteiger partial charge in [-0.25, -0.2) is 9.78 Å². The highest BCUT2D eigenvalue weighted by atomic mass is 32.1.